The van der Waals surface area contributed by atoms with E-state index in [1.54, 1.807) is 23.5 Å². The van der Waals surface area contributed by atoms with Gasteiger partial charge in [-0.25, -0.2) is 0 Å². The van der Waals surface area contributed by atoms with Gasteiger partial charge in [0.2, 0.25) is 5.91 Å². The van der Waals surface area contributed by atoms with Crippen LogP contribution < -0.4 is 10.1 Å². The normalized spacial score (nSPS) is 10.7. The molecule has 6 heteroatoms. The third kappa shape index (κ3) is 6.05. The summed E-state index contributed by atoms with van der Waals surface area (Å²) in [5.74, 6) is 0.794. The molecule has 4 nitrogen and oxygen atoms in total. The summed E-state index contributed by atoms with van der Waals surface area (Å²) < 4.78 is 5.60. The molecule has 0 atom stereocenters. The Balaban J connectivity index is 1.61. The highest BCUT2D eigenvalue weighted by atomic mass is 35.5. The molecule has 0 aliphatic rings. The van der Waals surface area contributed by atoms with Gasteiger partial charge in [-0.1, -0.05) is 17.7 Å². The minimum absolute atomic E-state index is 0.0161. The Bertz CT molecular complexity index is 572. The third-order valence-electron chi connectivity index (χ3n) is 3.01. The number of benzene rings is 1. The van der Waals surface area contributed by atoms with Gasteiger partial charge in [-0.15, -0.1) is 11.3 Å². The van der Waals surface area contributed by atoms with Crippen LogP contribution in [0.25, 0.3) is 0 Å². The van der Waals surface area contributed by atoms with Gasteiger partial charge in [0.05, 0.1) is 13.1 Å². The molecule has 0 saturated heterocycles. The molecular weight excluding hydrogens is 320 g/mol. The number of carbonyl (C=O) groups is 1. The molecule has 1 N–H and O–H groups in total. The van der Waals surface area contributed by atoms with Crippen LogP contribution in [0.1, 0.15) is 4.88 Å². The summed E-state index contributed by atoms with van der Waals surface area (Å²) in [5, 5.41) is 5.59. The molecule has 118 valence electrons. The maximum absolute atomic E-state index is 11.8. The predicted octanol–water partition coefficient (Wildman–Crippen LogP) is 3.03. The Kier molecular flexibility index (Phi) is 6.71. The molecule has 0 fully saturated rings. The van der Waals surface area contributed by atoms with Crippen LogP contribution in [-0.2, 0) is 11.3 Å². The molecule has 0 spiro atoms. The Labute approximate surface area is 139 Å². The van der Waals surface area contributed by atoms with Gasteiger partial charge >= 0.3 is 0 Å². The summed E-state index contributed by atoms with van der Waals surface area (Å²) in [6.45, 7) is 2.15. The van der Waals surface area contributed by atoms with Gasteiger partial charge in [0.15, 0.2) is 0 Å². The van der Waals surface area contributed by atoms with Gasteiger partial charge in [-0.3, -0.25) is 9.69 Å². The van der Waals surface area contributed by atoms with E-state index in [9.17, 15) is 4.79 Å². The molecule has 1 aromatic heterocycles. The molecule has 0 unspecified atom stereocenters. The van der Waals surface area contributed by atoms with Gasteiger partial charge in [0, 0.05) is 16.4 Å². The van der Waals surface area contributed by atoms with Gasteiger partial charge in [-0.05, 0) is 42.8 Å². The van der Waals surface area contributed by atoms with E-state index in [0.717, 1.165) is 10.6 Å². The Morgan fingerprint density at radius 2 is 2.09 bits per heavy atom. The number of hydrogen-bond acceptors (Lipinski definition) is 4. The number of nitrogens with one attached hydrogen (secondary N) is 1. The molecule has 0 bridgehead atoms. The highest BCUT2D eigenvalue weighted by molar-refractivity contribution is 7.09. The van der Waals surface area contributed by atoms with Crippen molar-refractivity contribution in [2.45, 2.75) is 6.54 Å². The average molecular weight is 339 g/mol. The average Bonchev–Trinajstić information content (AvgIpc) is 3.00. The summed E-state index contributed by atoms with van der Waals surface area (Å²) >= 11 is 7.45. The van der Waals surface area contributed by atoms with Gasteiger partial charge in [0.25, 0.3) is 0 Å². The number of hydrogen-bond donors (Lipinski definition) is 1. The van der Waals surface area contributed by atoms with E-state index in [2.05, 4.69) is 5.32 Å². The fraction of sp³-hybridized carbons (Fsp3) is 0.312. The molecule has 1 aromatic carbocycles. The van der Waals surface area contributed by atoms with Crippen molar-refractivity contribution in [3.05, 3.63) is 51.7 Å². The zero-order valence-electron chi connectivity index (χ0n) is 12.4. The van der Waals surface area contributed by atoms with E-state index in [4.69, 9.17) is 16.3 Å². The first-order chi connectivity index (χ1) is 10.6. The smallest absolute Gasteiger partial charge is 0.234 e. The molecule has 0 radical (unpaired) electrons. The number of likely N-dealkylation sites (N-methyl/N-ethyl adjacent to an activating group) is 1. The lowest BCUT2D eigenvalue weighted by molar-refractivity contribution is -0.122. The molecule has 0 aliphatic carbocycles. The molecule has 1 amide bonds. The first-order valence-electron chi connectivity index (χ1n) is 6.99. The quantitative estimate of drug-likeness (QED) is 0.804. The van der Waals surface area contributed by atoms with Crippen molar-refractivity contribution >= 4 is 28.8 Å². The van der Waals surface area contributed by atoms with Crippen LogP contribution in [0.4, 0.5) is 0 Å². The number of thiophene rings is 1. The minimum atomic E-state index is 0.0161. The SMILES string of the molecule is CN(CCOc1ccc(Cl)cc1)CC(=O)NCc1cccs1. The Morgan fingerprint density at radius 3 is 2.77 bits per heavy atom. The topological polar surface area (TPSA) is 41.6 Å². The second-order valence-corrected chi connectivity index (χ2v) is 6.36. The van der Waals surface area contributed by atoms with E-state index in [-0.39, 0.29) is 5.91 Å². The number of carbonyl (C=O) groups excluding carboxylic acids is 1. The highest BCUT2D eigenvalue weighted by Gasteiger charge is 2.06. The second kappa shape index (κ2) is 8.78. The molecule has 2 aromatic rings. The number of nitrogens with zero attached hydrogens (tertiary/aromatic N) is 1. The number of amides is 1. The van der Waals surface area contributed by atoms with Crippen LogP contribution in [0.5, 0.6) is 5.75 Å². The van der Waals surface area contributed by atoms with Gasteiger partial charge in [0.1, 0.15) is 12.4 Å². The van der Waals surface area contributed by atoms with Crippen molar-refractivity contribution in [3.63, 3.8) is 0 Å². The van der Waals surface area contributed by atoms with E-state index < -0.39 is 0 Å². The summed E-state index contributed by atoms with van der Waals surface area (Å²) in [4.78, 5) is 14.9. The Hall–Kier alpha value is -1.56. The third-order valence-corrected chi connectivity index (χ3v) is 4.14. The summed E-state index contributed by atoms with van der Waals surface area (Å²) in [5.41, 5.74) is 0. The van der Waals surface area contributed by atoms with Crippen LogP contribution in [0.15, 0.2) is 41.8 Å². The van der Waals surface area contributed by atoms with Crippen molar-refractivity contribution < 1.29 is 9.53 Å². The molecule has 0 saturated carbocycles. The van der Waals surface area contributed by atoms with E-state index in [1.807, 2.05) is 41.6 Å². The van der Waals surface area contributed by atoms with Crippen LogP contribution in [0.3, 0.4) is 0 Å². The van der Waals surface area contributed by atoms with Crippen molar-refractivity contribution in [1.82, 2.24) is 10.2 Å². The highest BCUT2D eigenvalue weighted by Crippen LogP contribution is 2.15. The van der Waals surface area contributed by atoms with Crippen molar-refractivity contribution in [3.8, 4) is 5.75 Å². The summed E-state index contributed by atoms with van der Waals surface area (Å²) in [6, 6.07) is 11.2. The van der Waals surface area contributed by atoms with E-state index >= 15 is 0 Å². The minimum Gasteiger partial charge on any atom is -0.492 e. The Morgan fingerprint density at radius 1 is 1.32 bits per heavy atom. The maximum Gasteiger partial charge on any atom is 0.234 e. The van der Waals surface area contributed by atoms with Crippen molar-refractivity contribution in [1.29, 1.82) is 0 Å². The number of ether oxygens (including phenoxy) is 1. The van der Waals surface area contributed by atoms with E-state index in [1.165, 1.54) is 0 Å². The first-order valence-corrected chi connectivity index (χ1v) is 8.25. The van der Waals surface area contributed by atoms with Crippen molar-refractivity contribution in [2.75, 3.05) is 26.7 Å². The van der Waals surface area contributed by atoms with Crippen LogP contribution in [0.2, 0.25) is 5.02 Å². The molecular formula is C16H19ClN2O2S. The van der Waals surface area contributed by atoms with Crippen LogP contribution in [-0.4, -0.2) is 37.6 Å². The fourth-order valence-electron chi connectivity index (χ4n) is 1.83. The number of rotatable bonds is 8. The predicted molar refractivity (Wildman–Crippen MR) is 90.6 cm³/mol. The van der Waals surface area contributed by atoms with Crippen LogP contribution in [0, 0.1) is 0 Å². The standard InChI is InChI=1S/C16H19ClN2O2S/c1-19(8-9-21-14-6-4-13(17)5-7-14)12-16(20)18-11-15-3-2-10-22-15/h2-7,10H,8-9,11-12H2,1H3,(H,18,20). The lowest BCUT2D eigenvalue weighted by Gasteiger charge is -2.16. The monoisotopic (exact) mass is 338 g/mol. The lowest BCUT2D eigenvalue weighted by atomic mass is 10.3. The fourth-order valence-corrected chi connectivity index (χ4v) is 2.60. The zero-order chi connectivity index (χ0) is 15.8. The lowest BCUT2D eigenvalue weighted by Crippen LogP contribution is -2.36. The zero-order valence-corrected chi connectivity index (χ0v) is 14.0. The largest absolute Gasteiger partial charge is 0.492 e. The van der Waals surface area contributed by atoms with Gasteiger partial charge < -0.3 is 10.1 Å². The van der Waals surface area contributed by atoms with Crippen LogP contribution >= 0.6 is 22.9 Å². The molecule has 2 rings (SSSR count). The number of halogens is 1. The maximum atomic E-state index is 11.8. The molecule has 22 heavy (non-hydrogen) atoms. The van der Waals surface area contributed by atoms with Gasteiger partial charge in [-0.2, -0.15) is 0 Å². The molecule has 1 heterocycles. The van der Waals surface area contributed by atoms with Crippen molar-refractivity contribution in [2.24, 2.45) is 0 Å². The molecule has 0 aliphatic heterocycles. The summed E-state index contributed by atoms with van der Waals surface area (Å²) in [7, 11) is 1.90. The summed E-state index contributed by atoms with van der Waals surface area (Å²) in [6.07, 6.45) is 0. The second-order valence-electron chi connectivity index (χ2n) is 4.90. The van der Waals surface area contributed by atoms with E-state index in [0.29, 0.717) is 31.3 Å². The first kappa shape index (κ1) is 16.8.